The summed E-state index contributed by atoms with van der Waals surface area (Å²) in [5.74, 6) is -0.307. The maximum Gasteiger partial charge on any atom is 0.222 e. The van der Waals surface area contributed by atoms with Crippen molar-refractivity contribution in [2.24, 2.45) is 10.2 Å². The third-order valence-electron chi connectivity index (χ3n) is 2.14. The second-order valence-corrected chi connectivity index (χ2v) is 4.44. The molecule has 0 amide bonds. The molecule has 2 aromatic rings. The molecular formula is C13H9BrN2O2. The highest BCUT2D eigenvalue weighted by Gasteiger charge is 1.95. The van der Waals surface area contributed by atoms with Gasteiger partial charge in [0.2, 0.25) is 5.43 Å². The molecule has 0 atom stereocenters. The van der Waals surface area contributed by atoms with Crippen molar-refractivity contribution in [1.29, 1.82) is 0 Å². The van der Waals surface area contributed by atoms with E-state index >= 15 is 0 Å². The standard InChI is InChI=1S/C13H9BrN2O2/c14-9-3-1-4-10(7-9)15-16-11-5-2-6-12(17)13(18)8-11/h1-8H,(H,17,18). The van der Waals surface area contributed by atoms with E-state index in [1.807, 2.05) is 18.2 Å². The first-order valence-corrected chi connectivity index (χ1v) is 5.95. The summed E-state index contributed by atoms with van der Waals surface area (Å²) in [6, 6.07) is 13.0. The summed E-state index contributed by atoms with van der Waals surface area (Å²) in [7, 11) is 0. The monoisotopic (exact) mass is 304 g/mol. The maximum absolute atomic E-state index is 11.3. The van der Waals surface area contributed by atoms with Crippen LogP contribution < -0.4 is 5.43 Å². The minimum absolute atomic E-state index is 0.307. The predicted octanol–water partition coefficient (Wildman–Crippen LogP) is 3.93. The average molecular weight is 305 g/mol. The normalized spacial score (nSPS) is 10.7. The molecule has 0 heterocycles. The van der Waals surface area contributed by atoms with Crippen molar-refractivity contribution in [2.75, 3.05) is 0 Å². The van der Waals surface area contributed by atoms with Gasteiger partial charge < -0.3 is 5.11 Å². The number of halogens is 1. The van der Waals surface area contributed by atoms with Gasteiger partial charge in [0.25, 0.3) is 0 Å². The van der Waals surface area contributed by atoms with Gasteiger partial charge in [-0.15, -0.1) is 0 Å². The summed E-state index contributed by atoms with van der Waals surface area (Å²) in [5.41, 5.74) is 0.580. The molecule has 0 unspecified atom stereocenters. The van der Waals surface area contributed by atoms with Crippen molar-refractivity contribution < 1.29 is 5.11 Å². The smallest absolute Gasteiger partial charge is 0.222 e. The average Bonchev–Trinajstić information content (AvgIpc) is 2.50. The van der Waals surface area contributed by atoms with E-state index < -0.39 is 5.43 Å². The van der Waals surface area contributed by atoms with Gasteiger partial charge in [-0.2, -0.15) is 10.2 Å². The van der Waals surface area contributed by atoms with Gasteiger partial charge >= 0.3 is 0 Å². The Morgan fingerprint density at radius 2 is 1.56 bits per heavy atom. The molecule has 0 saturated carbocycles. The van der Waals surface area contributed by atoms with Crippen molar-refractivity contribution in [1.82, 2.24) is 0 Å². The molecule has 2 rings (SSSR count). The second-order valence-electron chi connectivity index (χ2n) is 3.52. The van der Waals surface area contributed by atoms with Gasteiger partial charge in [0.15, 0.2) is 5.75 Å². The zero-order valence-electron chi connectivity index (χ0n) is 9.25. The molecule has 5 heteroatoms. The Morgan fingerprint density at radius 1 is 0.944 bits per heavy atom. The van der Waals surface area contributed by atoms with E-state index in [4.69, 9.17) is 0 Å². The summed E-state index contributed by atoms with van der Waals surface area (Å²) in [4.78, 5) is 11.3. The van der Waals surface area contributed by atoms with Crippen molar-refractivity contribution in [3.8, 4) is 5.75 Å². The lowest BCUT2D eigenvalue weighted by atomic mass is 10.3. The van der Waals surface area contributed by atoms with Crippen LogP contribution in [0.3, 0.4) is 0 Å². The summed E-state index contributed by atoms with van der Waals surface area (Å²) >= 11 is 3.33. The van der Waals surface area contributed by atoms with Crippen LogP contribution in [0.5, 0.6) is 5.75 Å². The first-order valence-electron chi connectivity index (χ1n) is 5.16. The number of hydrogen-bond donors (Lipinski definition) is 1. The van der Waals surface area contributed by atoms with E-state index in [2.05, 4.69) is 26.2 Å². The molecule has 18 heavy (non-hydrogen) atoms. The van der Waals surface area contributed by atoms with Crippen molar-refractivity contribution in [3.63, 3.8) is 0 Å². The molecule has 1 N–H and O–H groups in total. The quantitative estimate of drug-likeness (QED) is 0.854. The van der Waals surface area contributed by atoms with Gasteiger partial charge in [0, 0.05) is 10.5 Å². The zero-order chi connectivity index (χ0) is 13.0. The predicted molar refractivity (Wildman–Crippen MR) is 72.7 cm³/mol. The van der Waals surface area contributed by atoms with Crippen LogP contribution >= 0.6 is 15.9 Å². The molecule has 0 aromatic heterocycles. The Kier molecular flexibility index (Phi) is 3.84. The van der Waals surface area contributed by atoms with Crippen molar-refractivity contribution >= 4 is 27.3 Å². The van der Waals surface area contributed by atoms with Crippen LogP contribution in [-0.2, 0) is 0 Å². The van der Waals surface area contributed by atoms with Crippen LogP contribution in [0.15, 0.2) is 68.0 Å². The Balaban J connectivity index is 2.33. The number of aromatic hydroxyl groups is 1. The molecule has 4 nitrogen and oxygen atoms in total. The van der Waals surface area contributed by atoms with E-state index in [1.54, 1.807) is 18.2 Å². The molecule has 2 aromatic carbocycles. The van der Waals surface area contributed by atoms with E-state index in [0.717, 1.165) is 4.47 Å². The first kappa shape index (κ1) is 12.4. The number of rotatable bonds is 2. The van der Waals surface area contributed by atoms with Crippen LogP contribution in [0.1, 0.15) is 0 Å². The Hall–Kier alpha value is -2.01. The van der Waals surface area contributed by atoms with Crippen LogP contribution in [-0.4, -0.2) is 5.11 Å². The van der Waals surface area contributed by atoms with Crippen LogP contribution in [0.4, 0.5) is 11.4 Å². The van der Waals surface area contributed by atoms with Gasteiger partial charge in [0.1, 0.15) is 0 Å². The Bertz CT molecular complexity index is 656. The lowest BCUT2D eigenvalue weighted by molar-refractivity contribution is 0.471. The van der Waals surface area contributed by atoms with Crippen molar-refractivity contribution in [3.05, 3.63) is 63.2 Å². The third kappa shape index (κ3) is 3.24. The molecular weight excluding hydrogens is 296 g/mol. The molecule has 0 bridgehead atoms. The number of benzene rings is 1. The molecule has 0 aliphatic heterocycles. The minimum atomic E-state index is -0.483. The first-order chi connectivity index (χ1) is 8.65. The molecule has 0 aliphatic carbocycles. The Morgan fingerprint density at radius 3 is 2.22 bits per heavy atom. The molecule has 0 aliphatic rings. The maximum atomic E-state index is 11.3. The highest BCUT2D eigenvalue weighted by atomic mass is 79.9. The highest BCUT2D eigenvalue weighted by Crippen LogP contribution is 2.21. The van der Waals surface area contributed by atoms with E-state index in [-0.39, 0.29) is 5.75 Å². The molecule has 0 radical (unpaired) electrons. The van der Waals surface area contributed by atoms with E-state index in [1.165, 1.54) is 12.1 Å². The lowest BCUT2D eigenvalue weighted by Gasteiger charge is -1.92. The number of hydrogen-bond acceptors (Lipinski definition) is 4. The summed E-state index contributed by atoms with van der Waals surface area (Å²) in [6.45, 7) is 0. The molecule has 0 fully saturated rings. The van der Waals surface area contributed by atoms with Crippen molar-refractivity contribution in [2.45, 2.75) is 0 Å². The molecule has 90 valence electrons. The SMILES string of the molecule is O=c1cc(N=Nc2cccc(Br)c2)cccc1O. The largest absolute Gasteiger partial charge is 0.504 e. The minimum Gasteiger partial charge on any atom is -0.504 e. The Labute approximate surface area is 112 Å². The van der Waals surface area contributed by atoms with Gasteiger partial charge in [-0.3, -0.25) is 4.79 Å². The number of nitrogens with zero attached hydrogens (tertiary/aromatic N) is 2. The molecule has 0 spiro atoms. The van der Waals surface area contributed by atoms with Crippen LogP contribution in [0, 0.1) is 0 Å². The van der Waals surface area contributed by atoms with Crippen LogP contribution in [0.25, 0.3) is 0 Å². The summed E-state index contributed by atoms with van der Waals surface area (Å²) in [6.07, 6.45) is 0. The summed E-state index contributed by atoms with van der Waals surface area (Å²) < 4.78 is 0.903. The van der Waals surface area contributed by atoms with Crippen LogP contribution in [0.2, 0.25) is 0 Å². The second kappa shape index (κ2) is 5.55. The van der Waals surface area contributed by atoms with Gasteiger partial charge in [-0.1, -0.05) is 28.1 Å². The molecule has 0 saturated heterocycles. The highest BCUT2D eigenvalue weighted by molar-refractivity contribution is 9.10. The van der Waals surface area contributed by atoms with Gasteiger partial charge in [0.05, 0.1) is 11.4 Å². The fourth-order valence-corrected chi connectivity index (χ4v) is 1.68. The topological polar surface area (TPSA) is 62.0 Å². The van der Waals surface area contributed by atoms with E-state index in [9.17, 15) is 9.90 Å². The fraction of sp³-hybridized carbons (Fsp3) is 0. The fourth-order valence-electron chi connectivity index (χ4n) is 1.29. The number of azo groups is 1. The zero-order valence-corrected chi connectivity index (χ0v) is 10.8. The van der Waals surface area contributed by atoms with E-state index in [0.29, 0.717) is 11.4 Å². The lowest BCUT2D eigenvalue weighted by Crippen LogP contribution is -1.91. The summed E-state index contributed by atoms with van der Waals surface area (Å²) in [5, 5.41) is 17.2. The third-order valence-corrected chi connectivity index (χ3v) is 2.63. The van der Waals surface area contributed by atoms with Gasteiger partial charge in [-0.25, -0.2) is 0 Å². The van der Waals surface area contributed by atoms with Gasteiger partial charge in [-0.05, 0) is 30.3 Å².